The maximum Gasteiger partial charge on any atom is 0.224 e. The molecule has 3 aromatic rings. The molecule has 3 aromatic carbocycles. The van der Waals surface area contributed by atoms with Gasteiger partial charge in [-0.25, -0.2) is 8.78 Å². The predicted octanol–water partition coefficient (Wildman–Crippen LogP) is 4.38. The van der Waals surface area contributed by atoms with E-state index in [1.165, 1.54) is 24.3 Å². The number of fused-ring (bicyclic) bond motifs is 1. The Labute approximate surface area is 173 Å². The zero-order chi connectivity index (χ0) is 20.9. The molecule has 1 amide bonds. The van der Waals surface area contributed by atoms with Gasteiger partial charge in [0.05, 0.1) is 12.5 Å². The number of carbonyl (C=O) groups excluding carboxylic acids is 1. The molecule has 1 N–H and O–H groups in total. The standard InChI is InChI=1S/C24H21F2NO3/c25-19-5-1-3-16(11-19)12-21(18-4-2-6-20(26)15-18)27-24(28)14-17-7-8-22-23(13-17)30-10-9-29-22/h1-8,11,13,15,21H,9-10,12,14H2,(H,27,28). The van der Waals surface area contributed by atoms with Gasteiger partial charge in [0.2, 0.25) is 5.91 Å². The second kappa shape index (κ2) is 8.95. The lowest BCUT2D eigenvalue weighted by molar-refractivity contribution is -0.121. The molecular weight excluding hydrogens is 388 g/mol. The molecule has 0 bridgehead atoms. The molecule has 0 saturated heterocycles. The number of halogens is 2. The number of hydrogen-bond acceptors (Lipinski definition) is 3. The molecular formula is C24H21F2NO3. The summed E-state index contributed by atoms with van der Waals surface area (Å²) >= 11 is 0. The summed E-state index contributed by atoms with van der Waals surface area (Å²) in [5.41, 5.74) is 2.11. The zero-order valence-corrected chi connectivity index (χ0v) is 16.2. The van der Waals surface area contributed by atoms with Crippen molar-refractivity contribution in [1.82, 2.24) is 5.32 Å². The van der Waals surface area contributed by atoms with Gasteiger partial charge in [-0.3, -0.25) is 4.79 Å². The molecule has 1 aliphatic rings. The molecule has 4 nitrogen and oxygen atoms in total. The minimum absolute atomic E-state index is 0.131. The molecule has 0 saturated carbocycles. The maximum atomic E-state index is 13.8. The lowest BCUT2D eigenvalue weighted by Crippen LogP contribution is -2.31. The van der Waals surface area contributed by atoms with Crippen molar-refractivity contribution < 1.29 is 23.0 Å². The Morgan fingerprint density at radius 2 is 1.60 bits per heavy atom. The van der Waals surface area contributed by atoms with Crippen molar-refractivity contribution in [2.45, 2.75) is 18.9 Å². The van der Waals surface area contributed by atoms with E-state index >= 15 is 0 Å². The molecule has 0 fully saturated rings. The molecule has 0 aromatic heterocycles. The second-order valence-corrected chi connectivity index (χ2v) is 7.16. The number of rotatable bonds is 6. The first-order chi connectivity index (χ1) is 14.6. The van der Waals surface area contributed by atoms with Gasteiger partial charge in [-0.2, -0.15) is 0 Å². The van der Waals surface area contributed by atoms with E-state index in [-0.39, 0.29) is 18.1 Å². The van der Waals surface area contributed by atoms with Crippen molar-refractivity contribution in [3.05, 3.63) is 95.1 Å². The molecule has 1 heterocycles. The Balaban J connectivity index is 1.51. The summed E-state index contributed by atoms with van der Waals surface area (Å²) in [6, 6.07) is 17.1. The number of hydrogen-bond donors (Lipinski definition) is 1. The van der Waals surface area contributed by atoms with Crippen molar-refractivity contribution in [1.29, 1.82) is 0 Å². The Hall–Kier alpha value is -3.41. The number of ether oxygens (including phenoxy) is 2. The Morgan fingerprint density at radius 3 is 2.37 bits per heavy atom. The van der Waals surface area contributed by atoms with E-state index in [1.807, 2.05) is 6.07 Å². The summed E-state index contributed by atoms with van der Waals surface area (Å²) in [6.45, 7) is 0.972. The lowest BCUT2D eigenvalue weighted by atomic mass is 9.98. The topological polar surface area (TPSA) is 47.6 Å². The first-order valence-electron chi connectivity index (χ1n) is 9.74. The van der Waals surface area contributed by atoms with Gasteiger partial charge in [0.25, 0.3) is 0 Å². The molecule has 0 aliphatic carbocycles. The first-order valence-corrected chi connectivity index (χ1v) is 9.74. The Kier molecular flexibility index (Phi) is 5.93. The summed E-state index contributed by atoms with van der Waals surface area (Å²) in [5, 5.41) is 2.96. The normalized spacial score (nSPS) is 13.5. The molecule has 1 aliphatic heterocycles. The van der Waals surface area contributed by atoms with Crippen molar-refractivity contribution in [2.24, 2.45) is 0 Å². The fraction of sp³-hybridized carbons (Fsp3) is 0.208. The summed E-state index contributed by atoms with van der Waals surface area (Å²) in [7, 11) is 0. The average Bonchev–Trinajstić information content (AvgIpc) is 2.73. The van der Waals surface area contributed by atoms with Crippen LogP contribution in [0.2, 0.25) is 0 Å². The summed E-state index contributed by atoms with van der Waals surface area (Å²) in [4.78, 5) is 12.8. The van der Waals surface area contributed by atoms with Crippen LogP contribution in [0, 0.1) is 11.6 Å². The van der Waals surface area contributed by atoms with Crippen LogP contribution in [0.25, 0.3) is 0 Å². The third-order valence-corrected chi connectivity index (χ3v) is 4.89. The molecule has 30 heavy (non-hydrogen) atoms. The van der Waals surface area contributed by atoms with Crippen LogP contribution in [-0.4, -0.2) is 19.1 Å². The van der Waals surface area contributed by atoms with Crippen LogP contribution in [0.4, 0.5) is 8.78 Å². The van der Waals surface area contributed by atoms with E-state index in [4.69, 9.17) is 9.47 Å². The van der Waals surface area contributed by atoms with Gasteiger partial charge in [0, 0.05) is 0 Å². The van der Waals surface area contributed by atoms with Gasteiger partial charge < -0.3 is 14.8 Å². The highest BCUT2D eigenvalue weighted by molar-refractivity contribution is 5.79. The van der Waals surface area contributed by atoms with Gasteiger partial charge in [0.15, 0.2) is 11.5 Å². The van der Waals surface area contributed by atoms with Gasteiger partial charge in [-0.1, -0.05) is 30.3 Å². The predicted molar refractivity (Wildman–Crippen MR) is 109 cm³/mol. The molecule has 4 rings (SSSR count). The second-order valence-electron chi connectivity index (χ2n) is 7.16. The highest BCUT2D eigenvalue weighted by Gasteiger charge is 2.18. The largest absolute Gasteiger partial charge is 0.486 e. The highest BCUT2D eigenvalue weighted by Crippen LogP contribution is 2.31. The summed E-state index contributed by atoms with van der Waals surface area (Å²) in [6.07, 6.45) is 0.472. The summed E-state index contributed by atoms with van der Waals surface area (Å²) in [5.74, 6) is 0.311. The maximum absolute atomic E-state index is 13.8. The van der Waals surface area contributed by atoms with Crippen LogP contribution in [-0.2, 0) is 17.6 Å². The van der Waals surface area contributed by atoms with Crippen LogP contribution < -0.4 is 14.8 Å². The fourth-order valence-electron chi connectivity index (χ4n) is 3.50. The van der Waals surface area contributed by atoms with Crippen LogP contribution in [0.15, 0.2) is 66.7 Å². The van der Waals surface area contributed by atoms with Crippen LogP contribution in [0.5, 0.6) is 11.5 Å². The molecule has 6 heteroatoms. The van der Waals surface area contributed by atoms with E-state index in [9.17, 15) is 13.6 Å². The van der Waals surface area contributed by atoms with Crippen LogP contribution >= 0.6 is 0 Å². The van der Waals surface area contributed by atoms with Gasteiger partial charge in [-0.05, 0) is 59.5 Å². The molecule has 0 spiro atoms. The van der Waals surface area contributed by atoms with E-state index in [2.05, 4.69) is 5.32 Å². The number of nitrogens with one attached hydrogen (secondary N) is 1. The van der Waals surface area contributed by atoms with E-state index in [1.54, 1.807) is 36.4 Å². The first kappa shape index (κ1) is 19.9. The zero-order valence-electron chi connectivity index (χ0n) is 16.2. The molecule has 1 unspecified atom stereocenters. The average molecular weight is 409 g/mol. The molecule has 0 radical (unpaired) electrons. The third-order valence-electron chi connectivity index (χ3n) is 4.89. The minimum Gasteiger partial charge on any atom is -0.486 e. The molecule has 1 atom stereocenters. The number of benzene rings is 3. The Morgan fingerprint density at radius 1 is 0.867 bits per heavy atom. The van der Waals surface area contributed by atoms with Crippen molar-refractivity contribution in [2.75, 3.05) is 13.2 Å². The van der Waals surface area contributed by atoms with E-state index in [0.29, 0.717) is 42.3 Å². The van der Waals surface area contributed by atoms with E-state index < -0.39 is 11.9 Å². The summed E-state index contributed by atoms with van der Waals surface area (Å²) < 4.78 is 38.4. The molecule has 154 valence electrons. The quantitative estimate of drug-likeness (QED) is 0.657. The van der Waals surface area contributed by atoms with Gasteiger partial charge in [0.1, 0.15) is 24.8 Å². The SMILES string of the molecule is O=C(Cc1ccc2c(c1)OCCO2)NC(Cc1cccc(F)c1)c1cccc(F)c1. The highest BCUT2D eigenvalue weighted by atomic mass is 19.1. The fourth-order valence-corrected chi connectivity index (χ4v) is 3.50. The lowest BCUT2D eigenvalue weighted by Gasteiger charge is -2.21. The van der Waals surface area contributed by atoms with Crippen LogP contribution in [0.1, 0.15) is 22.7 Å². The number of carbonyl (C=O) groups is 1. The van der Waals surface area contributed by atoms with E-state index in [0.717, 1.165) is 5.56 Å². The van der Waals surface area contributed by atoms with Crippen molar-refractivity contribution >= 4 is 5.91 Å². The van der Waals surface area contributed by atoms with Crippen LogP contribution in [0.3, 0.4) is 0 Å². The van der Waals surface area contributed by atoms with Gasteiger partial charge >= 0.3 is 0 Å². The van der Waals surface area contributed by atoms with Gasteiger partial charge in [-0.15, -0.1) is 0 Å². The number of amides is 1. The van der Waals surface area contributed by atoms with Crippen molar-refractivity contribution in [3.8, 4) is 11.5 Å². The third kappa shape index (κ3) is 4.95. The Bertz CT molecular complexity index is 1050. The van der Waals surface area contributed by atoms with Crippen molar-refractivity contribution in [3.63, 3.8) is 0 Å². The smallest absolute Gasteiger partial charge is 0.224 e. The minimum atomic E-state index is -0.493. The monoisotopic (exact) mass is 409 g/mol.